The molecule has 14 heavy (non-hydrogen) atoms. The Labute approximate surface area is 86.2 Å². The van der Waals surface area contributed by atoms with Crippen molar-refractivity contribution in [2.24, 2.45) is 5.10 Å². The van der Waals surface area contributed by atoms with E-state index in [0.29, 0.717) is 0 Å². The molecular formula is C11H19N3. The fourth-order valence-corrected chi connectivity index (χ4v) is 1.06. The normalized spacial score (nSPS) is 9.79. The average Bonchev–Trinajstić information content (AvgIpc) is 2.46. The Kier molecular flexibility index (Phi) is 5.53. The molecule has 0 spiro atoms. The highest BCUT2D eigenvalue weighted by molar-refractivity contribution is 5.43. The number of rotatable bonds is 2. The molecule has 0 amide bonds. The second kappa shape index (κ2) is 6.13. The lowest BCUT2D eigenvalue weighted by molar-refractivity contribution is 0.835. The van der Waals surface area contributed by atoms with Crippen molar-refractivity contribution in [1.82, 2.24) is 9.66 Å². The predicted octanol–water partition coefficient (Wildman–Crippen LogP) is 3.02. The lowest BCUT2D eigenvalue weighted by Gasteiger charge is -1.96. The van der Waals surface area contributed by atoms with Crippen LogP contribution in [-0.2, 0) is 0 Å². The van der Waals surface area contributed by atoms with E-state index >= 15 is 0 Å². The van der Waals surface area contributed by atoms with Crippen molar-refractivity contribution in [3.8, 4) is 0 Å². The molecule has 0 N–H and O–H groups in total. The van der Waals surface area contributed by atoms with Gasteiger partial charge in [0.05, 0.1) is 11.4 Å². The summed E-state index contributed by atoms with van der Waals surface area (Å²) in [7, 11) is 0. The molecule has 3 nitrogen and oxygen atoms in total. The zero-order valence-electron chi connectivity index (χ0n) is 9.70. The van der Waals surface area contributed by atoms with Crippen molar-refractivity contribution in [1.29, 1.82) is 0 Å². The Balaban J connectivity index is 0.000000791. The van der Waals surface area contributed by atoms with Crippen LogP contribution in [0.2, 0.25) is 0 Å². The van der Waals surface area contributed by atoms with Crippen molar-refractivity contribution in [3.05, 3.63) is 23.3 Å². The maximum Gasteiger partial charge on any atom is 0.153 e. The van der Waals surface area contributed by atoms with Gasteiger partial charge in [-0.05, 0) is 26.8 Å². The Morgan fingerprint density at radius 3 is 2.36 bits per heavy atom. The standard InChI is InChI=1S/C9H13N3.C2H6/c1-5-6-9-11-7(2)8(3)12(9)10-4;1-2/h5-6H,4H2,1-3H3;1-2H3/b6-5-;. The molecule has 0 aliphatic heterocycles. The SMILES string of the molecule is C=Nn1c(/C=C\C)nc(C)c1C.CC. The third kappa shape index (κ3) is 2.55. The maximum atomic E-state index is 4.31. The highest BCUT2D eigenvalue weighted by Crippen LogP contribution is 2.10. The Morgan fingerprint density at radius 2 is 1.93 bits per heavy atom. The third-order valence-corrected chi connectivity index (χ3v) is 1.80. The van der Waals surface area contributed by atoms with Gasteiger partial charge in [-0.3, -0.25) is 0 Å². The molecule has 0 aliphatic carbocycles. The molecule has 0 saturated heterocycles. The second-order valence-electron chi connectivity index (χ2n) is 2.59. The smallest absolute Gasteiger partial charge is 0.153 e. The molecule has 3 heteroatoms. The molecule has 0 fully saturated rings. The molecule has 0 atom stereocenters. The van der Waals surface area contributed by atoms with E-state index in [1.54, 1.807) is 4.68 Å². The monoisotopic (exact) mass is 193 g/mol. The molecular weight excluding hydrogens is 174 g/mol. The van der Waals surface area contributed by atoms with E-state index in [9.17, 15) is 0 Å². The zero-order valence-corrected chi connectivity index (χ0v) is 9.70. The van der Waals surface area contributed by atoms with Crippen molar-refractivity contribution in [2.75, 3.05) is 0 Å². The van der Waals surface area contributed by atoms with E-state index in [1.807, 2.05) is 46.8 Å². The summed E-state index contributed by atoms with van der Waals surface area (Å²) in [6, 6.07) is 0. The zero-order chi connectivity index (χ0) is 11.1. The molecule has 0 saturated carbocycles. The minimum atomic E-state index is 0.836. The van der Waals surface area contributed by atoms with Gasteiger partial charge in [0.25, 0.3) is 0 Å². The first-order valence-corrected chi connectivity index (χ1v) is 4.86. The van der Waals surface area contributed by atoms with Crippen LogP contribution in [-0.4, -0.2) is 16.4 Å². The van der Waals surface area contributed by atoms with E-state index in [2.05, 4.69) is 16.8 Å². The van der Waals surface area contributed by atoms with Crippen molar-refractivity contribution in [3.63, 3.8) is 0 Å². The van der Waals surface area contributed by atoms with E-state index in [-0.39, 0.29) is 0 Å². The molecule has 1 aromatic heterocycles. The molecule has 0 bridgehead atoms. The first-order valence-electron chi connectivity index (χ1n) is 4.86. The first kappa shape index (κ1) is 12.6. The van der Waals surface area contributed by atoms with Gasteiger partial charge in [0.15, 0.2) is 5.82 Å². The molecule has 0 aromatic carbocycles. The predicted molar refractivity (Wildman–Crippen MR) is 62.7 cm³/mol. The molecule has 1 rings (SSSR count). The van der Waals surface area contributed by atoms with E-state index < -0.39 is 0 Å². The van der Waals surface area contributed by atoms with Crippen LogP contribution in [0.3, 0.4) is 0 Å². The summed E-state index contributed by atoms with van der Waals surface area (Å²) in [5, 5.41) is 3.86. The highest BCUT2D eigenvalue weighted by atomic mass is 15.4. The van der Waals surface area contributed by atoms with Crippen molar-refractivity contribution >= 4 is 12.8 Å². The summed E-state index contributed by atoms with van der Waals surface area (Å²) in [5.41, 5.74) is 2.04. The van der Waals surface area contributed by atoms with Gasteiger partial charge in [-0.2, -0.15) is 5.10 Å². The van der Waals surface area contributed by atoms with Gasteiger partial charge in [0, 0.05) is 6.72 Å². The van der Waals surface area contributed by atoms with Gasteiger partial charge in [-0.15, -0.1) is 0 Å². The van der Waals surface area contributed by atoms with Crippen LogP contribution in [0.15, 0.2) is 11.2 Å². The van der Waals surface area contributed by atoms with E-state index in [1.165, 1.54) is 0 Å². The van der Waals surface area contributed by atoms with Crippen molar-refractivity contribution in [2.45, 2.75) is 34.6 Å². The van der Waals surface area contributed by atoms with Crippen LogP contribution in [0.4, 0.5) is 0 Å². The maximum absolute atomic E-state index is 4.31. The largest absolute Gasteiger partial charge is 0.232 e. The van der Waals surface area contributed by atoms with Crippen LogP contribution in [0.25, 0.3) is 6.08 Å². The van der Waals surface area contributed by atoms with Crippen LogP contribution in [0.5, 0.6) is 0 Å². The summed E-state index contributed by atoms with van der Waals surface area (Å²) < 4.78 is 1.73. The molecule has 0 unspecified atom stereocenters. The third-order valence-electron chi connectivity index (χ3n) is 1.80. The molecule has 1 aromatic rings. The topological polar surface area (TPSA) is 30.2 Å². The highest BCUT2D eigenvalue weighted by Gasteiger charge is 2.05. The molecule has 1 heterocycles. The number of aromatic nitrogens is 2. The summed E-state index contributed by atoms with van der Waals surface area (Å²) in [6.07, 6.45) is 3.84. The lowest BCUT2D eigenvalue weighted by atomic mass is 10.4. The van der Waals surface area contributed by atoms with Gasteiger partial charge < -0.3 is 0 Å². The average molecular weight is 193 g/mol. The minimum absolute atomic E-state index is 0.836. The quantitative estimate of drug-likeness (QED) is 0.664. The Hall–Kier alpha value is -1.38. The summed E-state index contributed by atoms with van der Waals surface area (Å²) in [5.74, 6) is 0.836. The van der Waals surface area contributed by atoms with Gasteiger partial charge >= 0.3 is 0 Å². The number of hydrogen-bond donors (Lipinski definition) is 0. The van der Waals surface area contributed by atoms with Crippen LogP contribution >= 0.6 is 0 Å². The fraction of sp³-hybridized carbons (Fsp3) is 0.455. The molecule has 0 radical (unpaired) electrons. The number of aryl methyl sites for hydroxylation is 1. The van der Waals surface area contributed by atoms with Gasteiger partial charge in [0.2, 0.25) is 0 Å². The van der Waals surface area contributed by atoms with E-state index in [4.69, 9.17) is 0 Å². The summed E-state index contributed by atoms with van der Waals surface area (Å²) in [6.45, 7) is 13.4. The van der Waals surface area contributed by atoms with Crippen LogP contribution < -0.4 is 0 Å². The molecule has 78 valence electrons. The van der Waals surface area contributed by atoms with Crippen LogP contribution in [0, 0.1) is 13.8 Å². The minimum Gasteiger partial charge on any atom is -0.232 e. The van der Waals surface area contributed by atoms with Crippen molar-refractivity contribution < 1.29 is 0 Å². The Bertz CT molecular complexity index is 322. The fourth-order valence-electron chi connectivity index (χ4n) is 1.06. The number of nitrogens with zero attached hydrogens (tertiary/aromatic N) is 3. The molecule has 0 aliphatic rings. The van der Waals surface area contributed by atoms with Gasteiger partial charge in [-0.25, -0.2) is 9.66 Å². The number of imidazole rings is 1. The van der Waals surface area contributed by atoms with E-state index in [0.717, 1.165) is 17.2 Å². The summed E-state index contributed by atoms with van der Waals surface area (Å²) >= 11 is 0. The summed E-state index contributed by atoms with van der Waals surface area (Å²) in [4.78, 5) is 4.31. The number of allylic oxidation sites excluding steroid dienone is 1. The lowest BCUT2D eigenvalue weighted by Crippen LogP contribution is -1.93. The van der Waals surface area contributed by atoms with Gasteiger partial charge in [0.1, 0.15) is 0 Å². The second-order valence-corrected chi connectivity index (χ2v) is 2.59. The first-order chi connectivity index (χ1) is 6.70. The number of hydrogen-bond acceptors (Lipinski definition) is 2. The Morgan fingerprint density at radius 1 is 1.36 bits per heavy atom. The van der Waals surface area contributed by atoms with Crippen LogP contribution in [0.1, 0.15) is 38.0 Å². The van der Waals surface area contributed by atoms with Gasteiger partial charge in [-0.1, -0.05) is 19.9 Å².